The van der Waals surface area contributed by atoms with E-state index in [0.29, 0.717) is 11.6 Å². The number of aromatic nitrogens is 3. The van der Waals surface area contributed by atoms with Crippen LogP contribution in [0.15, 0.2) is 54.7 Å². The highest BCUT2D eigenvalue weighted by atomic mass is 14.9. The Kier molecular flexibility index (Phi) is 3.13. The van der Waals surface area contributed by atoms with Crippen LogP contribution in [0.2, 0.25) is 0 Å². The molecule has 0 aliphatic carbocycles. The molecular formula is C16H14N4. The SMILES string of the molecule is Cc1ccc(-c2cc(N)nc(-c3ccccc3)n2)cn1. The molecule has 4 nitrogen and oxygen atoms in total. The number of rotatable bonds is 2. The number of aryl methyl sites for hydroxylation is 1. The fraction of sp³-hybridized carbons (Fsp3) is 0.0625. The zero-order valence-corrected chi connectivity index (χ0v) is 11.1. The Morgan fingerprint density at radius 1 is 0.900 bits per heavy atom. The Morgan fingerprint density at radius 3 is 2.40 bits per heavy atom. The molecule has 4 heteroatoms. The van der Waals surface area contributed by atoms with Gasteiger partial charge in [-0.25, -0.2) is 9.97 Å². The monoisotopic (exact) mass is 262 g/mol. The number of benzene rings is 1. The molecule has 0 atom stereocenters. The predicted molar refractivity (Wildman–Crippen MR) is 79.8 cm³/mol. The van der Waals surface area contributed by atoms with E-state index in [1.54, 1.807) is 12.3 Å². The maximum Gasteiger partial charge on any atom is 0.162 e. The summed E-state index contributed by atoms with van der Waals surface area (Å²) >= 11 is 0. The van der Waals surface area contributed by atoms with Crippen molar-refractivity contribution in [3.05, 3.63) is 60.4 Å². The lowest BCUT2D eigenvalue weighted by atomic mass is 10.1. The van der Waals surface area contributed by atoms with Gasteiger partial charge in [0.2, 0.25) is 0 Å². The zero-order valence-electron chi connectivity index (χ0n) is 11.1. The predicted octanol–water partition coefficient (Wildman–Crippen LogP) is 3.10. The third kappa shape index (κ3) is 2.49. The summed E-state index contributed by atoms with van der Waals surface area (Å²) in [5.41, 5.74) is 9.52. The molecule has 0 spiro atoms. The molecule has 0 unspecified atom stereocenters. The molecule has 98 valence electrons. The molecule has 0 bridgehead atoms. The summed E-state index contributed by atoms with van der Waals surface area (Å²) in [4.78, 5) is 13.2. The summed E-state index contributed by atoms with van der Waals surface area (Å²) < 4.78 is 0. The number of hydrogen-bond donors (Lipinski definition) is 1. The minimum Gasteiger partial charge on any atom is -0.384 e. The van der Waals surface area contributed by atoms with E-state index >= 15 is 0 Å². The van der Waals surface area contributed by atoms with E-state index in [-0.39, 0.29) is 0 Å². The first-order chi connectivity index (χ1) is 9.72. The molecule has 0 saturated carbocycles. The quantitative estimate of drug-likeness (QED) is 0.770. The summed E-state index contributed by atoms with van der Waals surface area (Å²) in [6, 6.07) is 15.5. The first kappa shape index (κ1) is 12.3. The third-order valence-corrected chi connectivity index (χ3v) is 2.99. The minimum atomic E-state index is 0.453. The number of pyridine rings is 1. The normalized spacial score (nSPS) is 10.4. The van der Waals surface area contributed by atoms with Gasteiger partial charge in [-0.1, -0.05) is 30.3 Å². The number of hydrogen-bond acceptors (Lipinski definition) is 4. The average molecular weight is 262 g/mol. The summed E-state index contributed by atoms with van der Waals surface area (Å²) in [5, 5.41) is 0. The molecule has 1 aromatic carbocycles. The van der Waals surface area contributed by atoms with E-state index in [4.69, 9.17) is 5.73 Å². The van der Waals surface area contributed by atoms with E-state index in [1.807, 2.05) is 49.4 Å². The smallest absolute Gasteiger partial charge is 0.162 e. The van der Waals surface area contributed by atoms with Crippen LogP contribution >= 0.6 is 0 Å². The third-order valence-electron chi connectivity index (χ3n) is 2.99. The molecule has 0 saturated heterocycles. The van der Waals surface area contributed by atoms with Crippen molar-refractivity contribution in [1.29, 1.82) is 0 Å². The molecule has 0 radical (unpaired) electrons. The second-order valence-electron chi connectivity index (χ2n) is 4.56. The van der Waals surface area contributed by atoms with Crippen LogP contribution in [0, 0.1) is 6.92 Å². The van der Waals surface area contributed by atoms with Gasteiger partial charge >= 0.3 is 0 Å². The van der Waals surface area contributed by atoms with Crippen LogP contribution < -0.4 is 5.73 Å². The van der Waals surface area contributed by atoms with Crippen LogP contribution in [0.4, 0.5) is 5.82 Å². The van der Waals surface area contributed by atoms with Crippen molar-refractivity contribution >= 4 is 5.82 Å². The number of nitrogens with zero attached hydrogens (tertiary/aromatic N) is 3. The largest absolute Gasteiger partial charge is 0.384 e. The van der Waals surface area contributed by atoms with Gasteiger partial charge in [0.1, 0.15) is 5.82 Å². The van der Waals surface area contributed by atoms with E-state index < -0.39 is 0 Å². The van der Waals surface area contributed by atoms with Gasteiger partial charge in [0.05, 0.1) is 5.69 Å². The lowest BCUT2D eigenvalue weighted by Crippen LogP contribution is -1.98. The first-order valence-corrected chi connectivity index (χ1v) is 6.35. The topological polar surface area (TPSA) is 64.7 Å². The van der Waals surface area contributed by atoms with E-state index in [0.717, 1.165) is 22.5 Å². The molecule has 20 heavy (non-hydrogen) atoms. The molecule has 0 fully saturated rings. The van der Waals surface area contributed by atoms with Crippen molar-refractivity contribution < 1.29 is 0 Å². The van der Waals surface area contributed by atoms with Crippen molar-refractivity contribution in [1.82, 2.24) is 15.0 Å². The molecular weight excluding hydrogens is 248 g/mol. The fourth-order valence-corrected chi connectivity index (χ4v) is 1.95. The number of nitrogens with two attached hydrogens (primary N) is 1. The Balaban J connectivity index is 2.09. The summed E-state index contributed by atoms with van der Waals surface area (Å²) in [6.07, 6.45) is 1.80. The maximum absolute atomic E-state index is 5.89. The maximum atomic E-state index is 5.89. The summed E-state index contributed by atoms with van der Waals surface area (Å²) in [6.45, 7) is 1.95. The number of nitrogen functional groups attached to an aromatic ring is 1. The lowest BCUT2D eigenvalue weighted by Gasteiger charge is -2.06. The highest BCUT2D eigenvalue weighted by Gasteiger charge is 2.07. The van der Waals surface area contributed by atoms with Crippen molar-refractivity contribution in [2.24, 2.45) is 0 Å². The Bertz CT molecular complexity index is 721. The highest BCUT2D eigenvalue weighted by molar-refractivity contribution is 5.66. The first-order valence-electron chi connectivity index (χ1n) is 6.35. The van der Waals surface area contributed by atoms with E-state index in [9.17, 15) is 0 Å². The van der Waals surface area contributed by atoms with Gasteiger partial charge in [-0.3, -0.25) is 4.98 Å². The Hall–Kier alpha value is -2.75. The lowest BCUT2D eigenvalue weighted by molar-refractivity contribution is 1.16. The van der Waals surface area contributed by atoms with Crippen molar-refractivity contribution in [3.8, 4) is 22.6 Å². The van der Waals surface area contributed by atoms with Gasteiger partial charge in [0.15, 0.2) is 5.82 Å². The highest BCUT2D eigenvalue weighted by Crippen LogP contribution is 2.22. The second-order valence-corrected chi connectivity index (χ2v) is 4.56. The van der Waals surface area contributed by atoms with Gasteiger partial charge in [-0.05, 0) is 19.1 Å². The van der Waals surface area contributed by atoms with Crippen molar-refractivity contribution in [2.75, 3.05) is 5.73 Å². The van der Waals surface area contributed by atoms with Crippen molar-refractivity contribution in [3.63, 3.8) is 0 Å². The van der Waals surface area contributed by atoms with Gasteiger partial charge in [0, 0.05) is 29.1 Å². The molecule has 3 aromatic rings. The van der Waals surface area contributed by atoms with Gasteiger partial charge < -0.3 is 5.73 Å². The standard InChI is InChI=1S/C16H14N4/c1-11-7-8-13(10-18-11)14-9-15(17)20-16(19-14)12-5-3-2-4-6-12/h2-10H,1H3,(H2,17,19,20). The molecule has 2 N–H and O–H groups in total. The van der Waals surface area contributed by atoms with Crippen LogP contribution in [0.25, 0.3) is 22.6 Å². The minimum absolute atomic E-state index is 0.453. The molecule has 2 aromatic heterocycles. The van der Waals surface area contributed by atoms with Gasteiger partial charge in [-0.2, -0.15) is 0 Å². The van der Waals surface area contributed by atoms with Crippen LogP contribution in [0.5, 0.6) is 0 Å². The van der Waals surface area contributed by atoms with Crippen LogP contribution in [0.3, 0.4) is 0 Å². The number of anilines is 1. The molecule has 2 heterocycles. The Morgan fingerprint density at radius 2 is 1.70 bits per heavy atom. The summed E-state index contributed by atoms with van der Waals surface area (Å²) in [7, 11) is 0. The van der Waals surface area contributed by atoms with Crippen LogP contribution in [0.1, 0.15) is 5.69 Å². The van der Waals surface area contributed by atoms with Crippen LogP contribution in [-0.2, 0) is 0 Å². The average Bonchev–Trinajstić information content (AvgIpc) is 2.48. The molecule has 0 aliphatic rings. The second kappa shape index (κ2) is 5.09. The van der Waals surface area contributed by atoms with Crippen molar-refractivity contribution in [2.45, 2.75) is 6.92 Å². The molecule has 3 rings (SSSR count). The van der Waals surface area contributed by atoms with Crippen LogP contribution in [-0.4, -0.2) is 15.0 Å². The fourth-order valence-electron chi connectivity index (χ4n) is 1.95. The van der Waals surface area contributed by atoms with Gasteiger partial charge in [0.25, 0.3) is 0 Å². The Labute approximate surface area is 117 Å². The molecule has 0 amide bonds. The van der Waals surface area contributed by atoms with E-state index in [1.165, 1.54) is 0 Å². The van der Waals surface area contributed by atoms with Gasteiger partial charge in [-0.15, -0.1) is 0 Å². The summed E-state index contributed by atoms with van der Waals surface area (Å²) in [5.74, 6) is 1.08. The van der Waals surface area contributed by atoms with E-state index in [2.05, 4.69) is 15.0 Å². The zero-order chi connectivity index (χ0) is 13.9. The molecule has 0 aliphatic heterocycles.